The van der Waals surface area contributed by atoms with Gasteiger partial charge in [0, 0.05) is 24.3 Å². The molecular formula is C23H26N2O. The van der Waals surface area contributed by atoms with Crippen LogP contribution in [0.3, 0.4) is 0 Å². The zero-order chi connectivity index (χ0) is 17.5. The average Bonchev–Trinajstić information content (AvgIpc) is 3.02. The van der Waals surface area contributed by atoms with Crippen LogP contribution in [-0.2, 0) is 17.6 Å². The van der Waals surface area contributed by atoms with Crippen molar-refractivity contribution in [2.45, 2.75) is 51.0 Å². The number of nitrogens with one attached hydrogen (secondary N) is 1. The lowest BCUT2D eigenvalue weighted by Gasteiger charge is -2.36. The zero-order valence-corrected chi connectivity index (χ0v) is 15.2. The van der Waals surface area contributed by atoms with Crippen LogP contribution in [0.15, 0.2) is 42.5 Å². The molecular weight excluding hydrogens is 320 g/mol. The number of hydrogen-bond acceptors (Lipinski definition) is 2. The Morgan fingerprint density at radius 1 is 0.962 bits per heavy atom. The van der Waals surface area contributed by atoms with E-state index >= 15 is 0 Å². The highest BCUT2D eigenvalue weighted by molar-refractivity contribution is 5.96. The summed E-state index contributed by atoms with van der Waals surface area (Å²) in [6.45, 7) is 0.911. The summed E-state index contributed by atoms with van der Waals surface area (Å²) in [5, 5.41) is 3.73. The standard InChI is InChI=1S/C23H26N2O/c26-23-13-9-18-14-19(10-12-22(18)25(23)15-16-4-3-5-16)24-21-11-8-17-6-1-2-7-20(17)21/h1-2,6-7,10,12,14,16,21,24H,3-5,8-9,11,13,15H2. The van der Waals surface area contributed by atoms with Crippen molar-refractivity contribution in [2.24, 2.45) is 5.92 Å². The topological polar surface area (TPSA) is 32.3 Å². The second-order valence-corrected chi connectivity index (χ2v) is 8.08. The van der Waals surface area contributed by atoms with Gasteiger partial charge in [0.25, 0.3) is 0 Å². The van der Waals surface area contributed by atoms with E-state index in [1.54, 1.807) is 0 Å². The van der Waals surface area contributed by atoms with E-state index in [0.717, 1.165) is 31.5 Å². The van der Waals surface area contributed by atoms with Crippen LogP contribution in [0.4, 0.5) is 11.4 Å². The lowest BCUT2D eigenvalue weighted by molar-refractivity contribution is -0.119. The number of carbonyl (C=O) groups excluding carboxylic acids is 1. The molecule has 0 saturated heterocycles. The molecule has 3 nitrogen and oxygen atoms in total. The van der Waals surface area contributed by atoms with E-state index < -0.39 is 0 Å². The number of nitrogens with zero attached hydrogens (tertiary/aromatic N) is 1. The number of hydrogen-bond donors (Lipinski definition) is 1. The number of amides is 1. The van der Waals surface area contributed by atoms with Crippen molar-refractivity contribution in [3.63, 3.8) is 0 Å². The van der Waals surface area contributed by atoms with E-state index in [2.05, 4.69) is 52.7 Å². The molecule has 1 heterocycles. The van der Waals surface area contributed by atoms with Crippen molar-refractivity contribution in [3.05, 3.63) is 59.2 Å². The Bertz CT molecular complexity index is 840. The van der Waals surface area contributed by atoms with Crippen molar-refractivity contribution >= 4 is 17.3 Å². The molecule has 134 valence electrons. The molecule has 2 aliphatic carbocycles. The first kappa shape index (κ1) is 15.9. The van der Waals surface area contributed by atoms with Crippen LogP contribution >= 0.6 is 0 Å². The van der Waals surface area contributed by atoms with E-state index in [4.69, 9.17) is 0 Å². The number of rotatable bonds is 4. The smallest absolute Gasteiger partial charge is 0.227 e. The molecule has 1 amide bonds. The number of aryl methyl sites for hydroxylation is 2. The predicted molar refractivity (Wildman–Crippen MR) is 106 cm³/mol. The Morgan fingerprint density at radius 2 is 1.85 bits per heavy atom. The van der Waals surface area contributed by atoms with Gasteiger partial charge < -0.3 is 10.2 Å². The summed E-state index contributed by atoms with van der Waals surface area (Å²) in [5.74, 6) is 1.01. The fourth-order valence-corrected chi connectivity index (χ4v) is 4.69. The Kier molecular flexibility index (Phi) is 3.96. The summed E-state index contributed by atoms with van der Waals surface area (Å²) in [4.78, 5) is 14.5. The molecule has 2 aromatic carbocycles. The minimum atomic E-state index is 0.301. The fraction of sp³-hybridized carbons (Fsp3) is 0.435. The van der Waals surface area contributed by atoms with Crippen molar-refractivity contribution in [1.29, 1.82) is 0 Å². The Labute approximate surface area is 155 Å². The molecule has 0 radical (unpaired) electrons. The van der Waals surface area contributed by atoms with E-state index in [9.17, 15) is 4.79 Å². The van der Waals surface area contributed by atoms with Gasteiger partial charge in [-0.15, -0.1) is 0 Å². The van der Waals surface area contributed by atoms with Crippen molar-refractivity contribution < 1.29 is 4.79 Å². The molecule has 0 spiro atoms. The van der Waals surface area contributed by atoms with E-state index in [-0.39, 0.29) is 0 Å². The van der Waals surface area contributed by atoms with Gasteiger partial charge in [-0.2, -0.15) is 0 Å². The van der Waals surface area contributed by atoms with Gasteiger partial charge in [0.1, 0.15) is 0 Å². The Hall–Kier alpha value is -2.29. The van der Waals surface area contributed by atoms with Gasteiger partial charge in [0.2, 0.25) is 5.91 Å². The zero-order valence-electron chi connectivity index (χ0n) is 15.2. The lowest BCUT2D eigenvalue weighted by Crippen LogP contribution is -2.40. The van der Waals surface area contributed by atoms with Crippen LogP contribution in [0.1, 0.15) is 54.8 Å². The quantitative estimate of drug-likeness (QED) is 0.857. The first-order valence-corrected chi connectivity index (χ1v) is 10.1. The van der Waals surface area contributed by atoms with Gasteiger partial charge in [-0.1, -0.05) is 30.7 Å². The second kappa shape index (κ2) is 6.46. The summed E-state index contributed by atoms with van der Waals surface area (Å²) in [7, 11) is 0. The third kappa shape index (κ3) is 2.80. The maximum atomic E-state index is 12.4. The summed E-state index contributed by atoms with van der Waals surface area (Å²) >= 11 is 0. The largest absolute Gasteiger partial charge is 0.378 e. The minimum absolute atomic E-state index is 0.301. The van der Waals surface area contributed by atoms with E-state index in [1.165, 1.54) is 41.6 Å². The van der Waals surface area contributed by atoms with Crippen LogP contribution in [-0.4, -0.2) is 12.5 Å². The Morgan fingerprint density at radius 3 is 2.69 bits per heavy atom. The molecule has 1 fully saturated rings. The summed E-state index contributed by atoms with van der Waals surface area (Å²) in [5.41, 5.74) is 6.56. The normalized spacial score (nSPS) is 21.9. The molecule has 1 unspecified atom stereocenters. The molecule has 3 aliphatic rings. The van der Waals surface area contributed by atoms with Crippen molar-refractivity contribution in [2.75, 3.05) is 16.8 Å². The number of benzene rings is 2. The molecule has 1 aliphatic heterocycles. The first-order chi connectivity index (χ1) is 12.8. The highest BCUT2D eigenvalue weighted by atomic mass is 16.2. The third-order valence-corrected chi connectivity index (χ3v) is 6.42. The van der Waals surface area contributed by atoms with Crippen LogP contribution in [0, 0.1) is 5.92 Å². The van der Waals surface area contributed by atoms with Gasteiger partial charge in [-0.25, -0.2) is 0 Å². The highest BCUT2D eigenvalue weighted by Gasteiger charge is 2.29. The molecule has 2 aromatic rings. The molecule has 0 aromatic heterocycles. The molecule has 1 atom stereocenters. The number of carbonyl (C=O) groups is 1. The van der Waals surface area contributed by atoms with Gasteiger partial charge in [0.05, 0.1) is 6.04 Å². The first-order valence-electron chi connectivity index (χ1n) is 10.1. The van der Waals surface area contributed by atoms with Crippen LogP contribution in [0.2, 0.25) is 0 Å². The second-order valence-electron chi connectivity index (χ2n) is 8.08. The summed E-state index contributed by atoms with van der Waals surface area (Å²) < 4.78 is 0. The molecule has 1 saturated carbocycles. The predicted octanol–water partition coefficient (Wildman–Crippen LogP) is 4.87. The lowest BCUT2D eigenvalue weighted by atomic mass is 9.84. The minimum Gasteiger partial charge on any atom is -0.378 e. The monoisotopic (exact) mass is 346 g/mol. The summed E-state index contributed by atoms with van der Waals surface area (Å²) in [6.07, 6.45) is 7.71. The van der Waals surface area contributed by atoms with Gasteiger partial charge in [-0.05, 0) is 72.9 Å². The van der Waals surface area contributed by atoms with Crippen LogP contribution < -0.4 is 10.2 Å². The molecule has 1 N–H and O–H groups in total. The van der Waals surface area contributed by atoms with Crippen LogP contribution in [0.25, 0.3) is 0 Å². The molecule has 3 heteroatoms. The fourth-order valence-electron chi connectivity index (χ4n) is 4.69. The van der Waals surface area contributed by atoms with E-state index in [1.807, 2.05) is 0 Å². The molecule has 26 heavy (non-hydrogen) atoms. The Balaban J connectivity index is 1.37. The van der Waals surface area contributed by atoms with E-state index in [0.29, 0.717) is 24.3 Å². The average molecular weight is 346 g/mol. The summed E-state index contributed by atoms with van der Waals surface area (Å²) in [6, 6.07) is 15.8. The maximum Gasteiger partial charge on any atom is 0.227 e. The van der Waals surface area contributed by atoms with Gasteiger partial charge >= 0.3 is 0 Å². The third-order valence-electron chi connectivity index (χ3n) is 6.42. The van der Waals surface area contributed by atoms with Crippen molar-refractivity contribution in [3.8, 4) is 0 Å². The molecule has 0 bridgehead atoms. The highest BCUT2D eigenvalue weighted by Crippen LogP contribution is 2.37. The van der Waals surface area contributed by atoms with Crippen molar-refractivity contribution in [1.82, 2.24) is 0 Å². The van der Waals surface area contributed by atoms with Crippen LogP contribution in [0.5, 0.6) is 0 Å². The van der Waals surface area contributed by atoms with Gasteiger partial charge in [0.15, 0.2) is 0 Å². The van der Waals surface area contributed by atoms with Gasteiger partial charge in [-0.3, -0.25) is 4.79 Å². The molecule has 5 rings (SSSR count). The SMILES string of the molecule is O=C1CCc2cc(NC3CCc4ccccc43)ccc2N1CC1CCC1. The maximum absolute atomic E-state index is 12.4. The number of anilines is 2. The number of fused-ring (bicyclic) bond motifs is 2.